The summed E-state index contributed by atoms with van der Waals surface area (Å²) in [6.07, 6.45) is -12.6. The summed E-state index contributed by atoms with van der Waals surface area (Å²) in [7, 11) is -3.99. The number of alkyl halides is 7. The first-order chi connectivity index (χ1) is 17.0. The van der Waals surface area contributed by atoms with Crippen LogP contribution in [0.1, 0.15) is 45.7 Å². The molecule has 0 radical (unpaired) electrons. The summed E-state index contributed by atoms with van der Waals surface area (Å²) < 4.78 is 116. The highest BCUT2D eigenvalue weighted by molar-refractivity contribution is 14.1. The molecule has 0 fully saturated rings. The number of nitrogens with two attached hydrogens (primary N) is 1. The molecule has 0 unspecified atom stereocenters. The van der Waals surface area contributed by atoms with E-state index in [2.05, 4.69) is 10.6 Å². The SMILES string of the molecule is Cc1cc(C(F)(C(F)(F)F)C(F)(F)F)ccc1NC(=O)c1cccc(I)c1C(=O)NC(C)(C)CS(N)(=O)=O. The van der Waals surface area contributed by atoms with Crippen molar-refractivity contribution in [2.24, 2.45) is 5.14 Å². The van der Waals surface area contributed by atoms with E-state index in [0.29, 0.717) is 12.1 Å². The quantitative estimate of drug-likeness (QED) is 0.283. The van der Waals surface area contributed by atoms with E-state index in [9.17, 15) is 48.7 Å². The zero-order chi connectivity index (χ0) is 29.5. The van der Waals surface area contributed by atoms with E-state index in [-0.39, 0.29) is 32.0 Å². The molecule has 0 bridgehead atoms. The Bertz CT molecular complexity index is 1350. The maximum absolute atomic E-state index is 14.4. The van der Waals surface area contributed by atoms with Crippen molar-refractivity contribution in [2.45, 2.75) is 44.3 Å². The summed E-state index contributed by atoms with van der Waals surface area (Å²) in [5.41, 5.74) is -9.70. The molecule has 0 aliphatic heterocycles. The Morgan fingerprint density at radius 3 is 1.97 bits per heavy atom. The molecule has 2 aromatic rings. The standard InChI is InChI=1S/C22H21F7IN3O4S/c1-11-9-12(20(23,21(24,25)26)22(27,28)29)7-8-15(11)32-17(34)13-5-4-6-14(30)16(13)18(35)33-19(2,3)10-38(31,36)37/h4-9H,10H2,1-3H3,(H,32,34)(H,33,35)(H2,31,36,37). The predicted molar refractivity (Wildman–Crippen MR) is 133 cm³/mol. The van der Waals surface area contributed by atoms with Gasteiger partial charge in [-0.25, -0.2) is 17.9 Å². The first-order valence-corrected chi connectivity index (χ1v) is 13.2. The molecular weight excluding hydrogens is 662 g/mol. The van der Waals surface area contributed by atoms with Crippen molar-refractivity contribution in [1.29, 1.82) is 0 Å². The van der Waals surface area contributed by atoms with E-state index < -0.39 is 56.7 Å². The van der Waals surface area contributed by atoms with E-state index in [1.165, 1.54) is 32.0 Å². The van der Waals surface area contributed by atoms with E-state index in [0.717, 1.165) is 6.92 Å². The Labute approximate surface area is 226 Å². The van der Waals surface area contributed by atoms with Gasteiger partial charge in [-0.2, -0.15) is 26.3 Å². The summed E-state index contributed by atoms with van der Waals surface area (Å²) in [6.45, 7) is 3.82. The second-order valence-corrected chi connectivity index (χ2v) is 11.7. The van der Waals surface area contributed by atoms with Crippen LogP contribution in [0, 0.1) is 10.5 Å². The first-order valence-electron chi connectivity index (χ1n) is 10.4. The van der Waals surface area contributed by atoms with Gasteiger partial charge in [0.25, 0.3) is 11.8 Å². The highest BCUT2D eigenvalue weighted by atomic mass is 127. The largest absolute Gasteiger partial charge is 0.435 e. The van der Waals surface area contributed by atoms with Crippen LogP contribution >= 0.6 is 22.6 Å². The van der Waals surface area contributed by atoms with Gasteiger partial charge < -0.3 is 10.6 Å². The lowest BCUT2D eigenvalue weighted by Gasteiger charge is -2.30. The van der Waals surface area contributed by atoms with Gasteiger partial charge in [0, 0.05) is 20.4 Å². The third kappa shape index (κ3) is 6.93. The van der Waals surface area contributed by atoms with E-state index in [1.54, 1.807) is 22.6 Å². The molecule has 0 saturated heterocycles. The second-order valence-electron chi connectivity index (χ2n) is 8.95. The lowest BCUT2D eigenvalue weighted by Crippen LogP contribution is -2.50. The average molecular weight is 683 g/mol. The summed E-state index contributed by atoms with van der Waals surface area (Å²) >= 11 is 1.74. The molecule has 210 valence electrons. The lowest BCUT2D eigenvalue weighted by molar-refractivity contribution is -0.348. The molecule has 2 amide bonds. The normalized spacial score (nSPS) is 13.3. The fourth-order valence-corrected chi connectivity index (χ4v) is 5.37. The number of halogens is 8. The molecule has 4 N–H and O–H groups in total. The Hall–Kier alpha value is -2.47. The number of carbonyl (C=O) groups is 2. The number of primary sulfonamides is 1. The van der Waals surface area contributed by atoms with Gasteiger partial charge in [-0.3, -0.25) is 9.59 Å². The summed E-state index contributed by atoms with van der Waals surface area (Å²) in [5.74, 6) is -2.45. The maximum Gasteiger partial charge on any atom is 0.435 e. The molecule has 7 nitrogen and oxygen atoms in total. The van der Waals surface area contributed by atoms with Gasteiger partial charge in [0.05, 0.1) is 16.9 Å². The van der Waals surface area contributed by atoms with Gasteiger partial charge in [0.2, 0.25) is 10.0 Å². The van der Waals surface area contributed by atoms with Crippen LogP contribution in [0.25, 0.3) is 0 Å². The number of sulfonamides is 1. The van der Waals surface area contributed by atoms with Gasteiger partial charge in [-0.1, -0.05) is 18.2 Å². The first kappa shape index (κ1) is 31.7. The van der Waals surface area contributed by atoms with Crippen LogP contribution in [0.15, 0.2) is 36.4 Å². The number of anilines is 1. The van der Waals surface area contributed by atoms with Crippen LogP contribution < -0.4 is 15.8 Å². The fourth-order valence-electron chi connectivity index (χ4n) is 3.55. The molecule has 0 aliphatic rings. The molecule has 0 aromatic heterocycles. The second kappa shape index (κ2) is 10.6. The van der Waals surface area contributed by atoms with Crippen molar-refractivity contribution < 1.29 is 48.7 Å². The summed E-state index contributed by atoms with van der Waals surface area (Å²) in [4.78, 5) is 26.0. The molecule has 0 aliphatic carbocycles. The van der Waals surface area contributed by atoms with Crippen molar-refractivity contribution in [1.82, 2.24) is 5.32 Å². The number of carbonyl (C=O) groups excluding carboxylic acids is 2. The van der Waals surface area contributed by atoms with Gasteiger partial charge in [-0.05, 0) is 67.1 Å². The third-order valence-corrected chi connectivity index (χ3v) is 7.18. The Balaban J connectivity index is 2.43. The van der Waals surface area contributed by atoms with Gasteiger partial charge in [-0.15, -0.1) is 0 Å². The van der Waals surface area contributed by atoms with Crippen LogP contribution in [0.5, 0.6) is 0 Å². The Morgan fingerprint density at radius 1 is 0.947 bits per heavy atom. The summed E-state index contributed by atoms with van der Waals surface area (Å²) in [5, 5.41) is 9.77. The zero-order valence-corrected chi connectivity index (χ0v) is 22.8. The number of benzene rings is 2. The number of hydrogen-bond donors (Lipinski definition) is 3. The minimum absolute atomic E-state index is 0.181. The van der Waals surface area contributed by atoms with Crippen molar-refractivity contribution in [3.05, 3.63) is 62.2 Å². The lowest BCUT2D eigenvalue weighted by atomic mass is 9.92. The molecule has 16 heteroatoms. The fraction of sp³-hybridized carbons (Fsp3) is 0.364. The Morgan fingerprint density at radius 2 is 1.50 bits per heavy atom. The number of aryl methyl sites for hydroxylation is 1. The van der Waals surface area contributed by atoms with E-state index >= 15 is 0 Å². The topological polar surface area (TPSA) is 118 Å². The van der Waals surface area contributed by atoms with Gasteiger partial charge in [0.1, 0.15) is 0 Å². The highest BCUT2D eigenvalue weighted by Gasteiger charge is 2.73. The molecule has 0 atom stereocenters. The van der Waals surface area contributed by atoms with Crippen molar-refractivity contribution in [2.75, 3.05) is 11.1 Å². The third-order valence-electron chi connectivity index (χ3n) is 5.15. The number of amides is 2. The van der Waals surface area contributed by atoms with Crippen molar-refractivity contribution in [3.63, 3.8) is 0 Å². The van der Waals surface area contributed by atoms with Crippen LogP contribution in [0.2, 0.25) is 0 Å². The number of nitrogens with one attached hydrogen (secondary N) is 2. The van der Waals surface area contributed by atoms with E-state index in [4.69, 9.17) is 5.14 Å². The van der Waals surface area contributed by atoms with Crippen LogP contribution in [-0.2, 0) is 15.7 Å². The van der Waals surface area contributed by atoms with Gasteiger partial charge >= 0.3 is 18.0 Å². The Kier molecular flexibility index (Phi) is 8.85. The molecular formula is C22H21F7IN3O4S. The monoisotopic (exact) mass is 683 g/mol. The maximum atomic E-state index is 14.4. The number of rotatable bonds is 7. The van der Waals surface area contributed by atoms with Gasteiger partial charge in [0.15, 0.2) is 0 Å². The molecule has 0 saturated carbocycles. The predicted octanol–water partition coefficient (Wildman–Crippen LogP) is 4.94. The van der Waals surface area contributed by atoms with Crippen LogP contribution in [-0.4, -0.2) is 43.9 Å². The molecule has 2 rings (SSSR count). The molecule has 0 spiro atoms. The van der Waals surface area contributed by atoms with Crippen molar-refractivity contribution >= 4 is 50.1 Å². The van der Waals surface area contributed by atoms with Crippen molar-refractivity contribution in [3.8, 4) is 0 Å². The van der Waals surface area contributed by atoms with E-state index in [1.807, 2.05) is 0 Å². The highest BCUT2D eigenvalue weighted by Crippen LogP contribution is 2.53. The zero-order valence-electron chi connectivity index (χ0n) is 19.8. The minimum Gasteiger partial charge on any atom is -0.346 e. The average Bonchev–Trinajstić information content (AvgIpc) is 2.70. The molecule has 0 heterocycles. The minimum atomic E-state index is -6.30. The molecule has 2 aromatic carbocycles. The number of hydrogen-bond acceptors (Lipinski definition) is 4. The smallest absolute Gasteiger partial charge is 0.346 e. The van der Waals surface area contributed by atoms with Crippen LogP contribution in [0.4, 0.5) is 36.4 Å². The summed E-state index contributed by atoms with van der Waals surface area (Å²) in [6, 6.07) is 5.34. The van der Waals surface area contributed by atoms with Crippen LogP contribution in [0.3, 0.4) is 0 Å². The molecule has 38 heavy (non-hydrogen) atoms.